The van der Waals surface area contributed by atoms with Crippen LogP contribution in [0.4, 0.5) is 0 Å². The summed E-state index contributed by atoms with van der Waals surface area (Å²) < 4.78 is 5.60. The number of aryl methyl sites for hydroxylation is 2. The van der Waals surface area contributed by atoms with Gasteiger partial charge in [-0.1, -0.05) is 25.1 Å². The molecule has 0 spiro atoms. The minimum absolute atomic E-state index is 0.390. The fraction of sp³-hybridized carbons (Fsp3) is 0.647. The van der Waals surface area contributed by atoms with Crippen LogP contribution in [0.5, 0.6) is 0 Å². The van der Waals surface area contributed by atoms with Crippen LogP contribution >= 0.6 is 0 Å². The lowest BCUT2D eigenvalue weighted by Gasteiger charge is -2.37. The molecule has 1 saturated heterocycles. The van der Waals surface area contributed by atoms with Gasteiger partial charge in [0.25, 0.3) is 0 Å². The Kier molecular flexibility index (Phi) is 5.58. The Hall–Kier alpha value is -0.900. The average Bonchev–Trinajstić information content (AvgIpc) is 2.48. The summed E-state index contributed by atoms with van der Waals surface area (Å²) in [6.07, 6.45) is 1.16. The van der Waals surface area contributed by atoms with Gasteiger partial charge in [0.1, 0.15) is 0 Å². The minimum Gasteiger partial charge on any atom is -0.378 e. The number of nitrogens with one attached hydrogen (secondary N) is 1. The smallest absolute Gasteiger partial charge is 0.0622 e. The molecule has 1 heterocycles. The Balaban J connectivity index is 2.09. The number of nitrogens with zero attached hydrogens (tertiary/aromatic N) is 1. The molecule has 1 aromatic rings. The summed E-state index contributed by atoms with van der Waals surface area (Å²) in [4.78, 5) is 2.57. The van der Waals surface area contributed by atoms with Gasteiger partial charge in [-0.3, -0.25) is 4.90 Å². The fourth-order valence-corrected chi connectivity index (χ4v) is 2.88. The van der Waals surface area contributed by atoms with Gasteiger partial charge in [0.15, 0.2) is 0 Å². The van der Waals surface area contributed by atoms with Gasteiger partial charge >= 0.3 is 0 Å². The van der Waals surface area contributed by atoms with Crippen molar-refractivity contribution in [3.63, 3.8) is 0 Å². The quantitative estimate of drug-likeness (QED) is 0.895. The highest BCUT2D eigenvalue weighted by Crippen LogP contribution is 2.20. The summed E-state index contributed by atoms with van der Waals surface area (Å²) >= 11 is 0. The van der Waals surface area contributed by atoms with Gasteiger partial charge in [-0.15, -0.1) is 0 Å². The summed E-state index contributed by atoms with van der Waals surface area (Å²) in [5.74, 6) is 0. The fourth-order valence-electron chi connectivity index (χ4n) is 2.88. The second-order valence-corrected chi connectivity index (χ2v) is 5.82. The SMILES string of the molecule is CCC1COCCN1CC(NC)c1ccc(C)c(C)c1. The van der Waals surface area contributed by atoms with Crippen LogP contribution in [0.15, 0.2) is 18.2 Å². The van der Waals surface area contributed by atoms with Crippen molar-refractivity contribution < 1.29 is 4.74 Å². The van der Waals surface area contributed by atoms with Crippen molar-refractivity contribution in [1.82, 2.24) is 10.2 Å². The van der Waals surface area contributed by atoms with Gasteiger partial charge in [0.2, 0.25) is 0 Å². The third kappa shape index (κ3) is 3.60. The van der Waals surface area contributed by atoms with E-state index in [-0.39, 0.29) is 0 Å². The molecule has 2 atom stereocenters. The molecule has 2 unspecified atom stereocenters. The van der Waals surface area contributed by atoms with E-state index in [1.807, 2.05) is 0 Å². The first-order valence-corrected chi connectivity index (χ1v) is 7.72. The molecule has 0 amide bonds. The first-order valence-electron chi connectivity index (χ1n) is 7.72. The molecule has 0 aliphatic carbocycles. The van der Waals surface area contributed by atoms with E-state index in [9.17, 15) is 0 Å². The molecular weight excluding hydrogens is 248 g/mol. The molecule has 2 rings (SSSR count). The summed E-state index contributed by atoms with van der Waals surface area (Å²) in [7, 11) is 2.06. The van der Waals surface area contributed by atoms with Crippen molar-refractivity contribution >= 4 is 0 Å². The number of hydrogen-bond acceptors (Lipinski definition) is 3. The second-order valence-electron chi connectivity index (χ2n) is 5.82. The molecule has 1 fully saturated rings. The average molecular weight is 276 g/mol. The maximum atomic E-state index is 5.60. The lowest BCUT2D eigenvalue weighted by atomic mass is 10.00. The lowest BCUT2D eigenvalue weighted by molar-refractivity contribution is -0.0124. The highest BCUT2D eigenvalue weighted by molar-refractivity contribution is 5.31. The first kappa shape index (κ1) is 15.5. The third-order valence-electron chi connectivity index (χ3n) is 4.52. The zero-order valence-electron chi connectivity index (χ0n) is 13.3. The van der Waals surface area contributed by atoms with Crippen molar-refractivity contribution in [3.8, 4) is 0 Å². The highest BCUT2D eigenvalue weighted by Gasteiger charge is 2.24. The van der Waals surface area contributed by atoms with Crippen LogP contribution in [0.25, 0.3) is 0 Å². The van der Waals surface area contributed by atoms with Crippen LogP contribution in [0, 0.1) is 13.8 Å². The minimum atomic E-state index is 0.390. The zero-order chi connectivity index (χ0) is 14.5. The largest absolute Gasteiger partial charge is 0.378 e. The molecule has 20 heavy (non-hydrogen) atoms. The van der Waals surface area contributed by atoms with Crippen LogP contribution in [0.2, 0.25) is 0 Å². The molecule has 1 N–H and O–H groups in total. The molecule has 0 aromatic heterocycles. The number of morpholine rings is 1. The van der Waals surface area contributed by atoms with E-state index >= 15 is 0 Å². The molecule has 1 aromatic carbocycles. The van der Waals surface area contributed by atoms with E-state index in [4.69, 9.17) is 4.74 Å². The topological polar surface area (TPSA) is 24.5 Å². The Morgan fingerprint density at radius 3 is 2.80 bits per heavy atom. The van der Waals surface area contributed by atoms with Crippen molar-refractivity contribution in [2.45, 2.75) is 39.3 Å². The second kappa shape index (κ2) is 7.21. The van der Waals surface area contributed by atoms with Gasteiger partial charge in [-0.2, -0.15) is 0 Å². The van der Waals surface area contributed by atoms with Gasteiger partial charge < -0.3 is 10.1 Å². The van der Waals surface area contributed by atoms with Crippen molar-refractivity contribution in [1.29, 1.82) is 0 Å². The molecule has 1 aliphatic rings. The van der Waals surface area contributed by atoms with Crippen LogP contribution in [-0.2, 0) is 4.74 Å². The van der Waals surface area contributed by atoms with Gasteiger partial charge in [0.05, 0.1) is 13.2 Å². The van der Waals surface area contributed by atoms with Crippen LogP contribution < -0.4 is 5.32 Å². The van der Waals surface area contributed by atoms with E-state index in [0.717, 1.165) is 32.7 Å². The Morgan fingerprint density at radius 1 is 1.35 bits per heavy atom. The van der Waals surface area contributed by atoms with Crippen molar-refractivity contribution in [2.75, 3.05) is 33.4 Å². The molecule has 1 aliphatic heterocycles. The van der Waals surface area contributed by atoms with E-state index in [2.05, 4.69) is 56.2 Å². The van der Waals surface area contributed by atoms with E-state index < -0.39 is 0 Å². The standard InChI is InChI=1S/C17H28N2O/c1-5-16-12-20-9-8-19(16)11-17(18-4)15-7-6-13(2)14(3)10-15/h6-7,10,16-18H,5,8-9,11-12H2,1-4H3. The summed E-state index contributed by atoms with van der Waals surface area (Å²) in [6, 6.07) is 7.75. The Bertz CT molecular complexity index is 433. The van der Waals surface area contributed by atoms with Crippen molar-refractivity contribution in [3.05, 3.63) is 34.9 Å². The van der Waals surface area contributed by atoms with Crippen molar-refractivity contribution in [2.24, 2.45) is 0 Å². The Morgan fingerprint density at radius 2 is 2.15 bits per heavy atom. The Labute approximate surface area is 123 Å². The van der Waals surface area contributed by atoms with Crippen LogP contribution in [-0.4, -0.2) is 44.3 Å². The molecule has 0 saturated carbocycles. The number of rotatable bonds is 5. The number of hydrogen-bond donors (Lipinski definition) is 1. The predicted octanol–water partition coefficient (Wildman–Crippen LogP) is 2.67. The first-order chi connectivity index (χ1) is 9.65. The molecule has 112 valence electrons. The molecule has 3 nitrogen and oxygen atoms in total. The molecule has 0 radical (unpaired) electrons. The molecule has 3 heteroatoms. The highest BCUT2D eigenvalue weighted by atomic mass is 16.5. The zero-order valence-corrected chi connectivity index (χ0v) is 13.3. The van der Waals surface area contributed by atoms with E-state index in [1.54, 1.807) is 0 Å². The maximum absolute atomic E-state index is 5.60. The summed E-state index contributed by atoms with van der Waals surface area (Å²) in [5, 5.41) is 3.47. The molecular formula is C17H28N2O. The number of ether oxygens (including phenoxy) is 1. The monoisotopic (exact) mass is 276 g/mol. The normalized spacial score (nSPS) is 21.9. The maximum Gasteiger partial charge on any atom is 0.0622 e. The predicted molar refractivity (Wildman–Crippen MR) is 84.2 cm³/mol. The van der Waals surface area contributed by atoms with Gasteiger partial charge in [0, 0.05) is 25.2 Å². The molecule has 0 bridgehead atoms. The van der Waals surface area contributed by atoms with Gasteiger partial charge in [-0.05, 0) is 44.0 Å². The summed E-state index contributed by atoms with van der Waals surface area (Å²) in [6.45, 7) is 10.4. The number of benzene rings is 1. The third-order valence-corrected chi connectivity index (χ3v) is 4.52. The van der Waals surface area contributed by atoms with Crippen LogP contribution in [0.1, 0.15) is 36.1 Å². The summed E-state index contributed by atoms with van der Waals surface area (Å²) in [5.41, 5.74) is 4.12. The van der Waals surface area contributed by atoms with Crippen LogP contribution in [0.3, 0.4) is 0 Å². The van der Waals surface area contributed by atoms with E-state index in [1.165, 1.54) is 16.7 Å². The number of likely N-dealkylation sites (N-methyl/N-ethyl adjacent to an activating group) is 1. The van der Waals surface area contributed by atoms with E-state index in [0.29, 0.717) is 12.1 Å². The van der Waals surface area contributed by atoms with Gasteiger partial charge in [-0.25, -0.2) is 0 Å². The lowest BCUT2D eigenvalue weighted by Crippen LogP contribution is -2.48.